The molecule has 3 N–H and O–H groups in total. The predicted molar refractivity (Wildman–Crippen MR) is 65.1 cm³/mol. The van der Waals surface area contributed by atoms with E-state index < -0.39 is 0 Å². The lowest BCUT2D eigenvalue weighted by Crippen LogP contribution is -2.46. The Morgan fingerprint density at radius 1 is 1.41 bits per heavy atom. The van der Waals surface area contributed by atoms with E-state index in [1.54, 1.807) is 6.26 Å². The van der Waals surface area contributed by atoms with Crippen molar-refractivity contribution in [2.45, 2.75) is 38.6 Å². The Morgan fingerprint density at radius 3 is 2.76 bits per heavy atom. The summed E-state index contributed by atoms with van der Waals surface area (Å²) >= 11 is 0. The van der Waals surface area contributed by atoms with Crippen LogP contribution in [0.4, 0.5) is 0 Å². The zero-order valence-corrected chi connectivity index (χ0v) is 10.1. The maximum atomic E-state index is 12.2. The summed E-state index contributed by atoms with van der Waals surface area (Å²) in [4.78, 5) is 12.2. The number of nitrogens with one attached hydrogen (secondary N) is 1. The van der Waals surface area contributed by atoms with Gasteiger partial charge < -0.3 is 15.5 Å². The highest BCUT2D eigenvalue weighted by Gasteiger charge is 2.37. The second kappa shape index (κ2) is 5.36. The van der Waals surface area contributed by atoms with E-state index in [1.165, 1.54) is 6.42 Å². The van der Waals surface area contributed by atoms with Crippen LogP contribution in [0.3, 0.4) is 0 Å². The van der Waals surface area contributed by atoms with Gasteiger partial charge in [-0.2, -0.15) is 0 Å². The van der Waals surface area contributed by atoms with Crippen molar-refractivity contribution >= 4 is 5.91 Å². The molecule has 1 aromatic heterocycles. The van der Waals surface area contributed by atoms with E-state index in [4.69, 9.17) is 10.2 Å². The van der Waals surface area contributed by atoms with Gasteiger partial charge >= 0.3 is 0 Å². The van der Waals surface area contributed by atoms with Gasteiger partial charge in [-0.05, 0) is 25.0 Å². The van der Waals surface area contributed by atoms with Gasteiger partial charge in [0.05, 0.1) is 18.2 Å². The van der Waals surface area contributed by atoms with Gasteiger partial charge in [0.2, 0.25) is 5.91 Å². The molecule has 1 saturated carbocycles. The van der Waals surface area contributed by atoms with Crippen molar-refractivity contribution in [3.63, 3.8) is 0 Å². The summed E-state index contributed by atoms with van der Waals surface area (Å²) in [6.07, 6.45) is 6.85. The first-order valence-corrected chi connectivity index (χ1v) is 6.28. The largest absolute Gasteiger partial charge is 0.467 e. The quantitative estimate of drug-likeness (QED) is 0.837. The van der Waals surface area contributed by atoms with Crippen molar-refractivity contribution in [3.8, 4) is 0 Å². The number of carbonyl (C=O) groups is 1. The average molecular weight is 236 g/mol. The Labute approximate surface area is 102 Å². The minimum Gasteiger partial charge on any atom is -0.467 e. The number of rotatable bonds is 4. The highest BCUT2D eigenvalue weighted by atomic mass is 16.3. The average Bonchev–Trinajstić information content (AvgIpc) is 2.90. The maximum absolute atomic E-state index is 12.2. The van der Waals surface area contributed by atoms with Crippen molar-refractivity contribution in [2.24, 2.45) is 11.1 Å². The highest BCUT2D eigenvalue weighted by molar-refractivity contribution is 5.82. The molecule has 0 saturated heterocycles. The zero-order valence-electron chi connectivity index (χ0n) is 10.1. The fraction of sp³-hybridized carbons (Fsp3) is 0.615. The summed E-state index contributed by atoms with van der Waals surface area (Å²) in [6, 6.07) is 3.68. The van der Waals surface area contributed by atoms with Gasteiger partial charge in [-0.15, -0.1) is 0 Å². The van der Waals surface area contributed by atoms with E-state index >= 15 is 0 Å². The van der Waals surface area contributed by atoms with Crippen molar-refractivity contribution in [2.75, 3.05) is 6.54 Å². The molecule has 1 amide bonds. The van der Waals surface area contributed by atoms with E-state index in [0.717, 1.165) is 31.4 Å². The maximum Gasteiger partial charge on any atom is 0.227 e. The van der Waals surface area contributed by atoms with Crippen LogP contribution < -0.4 is 11.1 Å². The SMILES string of the molecule is NCC1(C(=O)NCc2ccco2)CCCCC1. The molecule has 17 heavy (non-hydrogen) atoms. The summed E-state index contributed by atoms with van der Waals surface area (Å²) in [5.41, 5.74) is 5.46. The number of furan rings is 1. The lowest BCUT2D eigenvalue weighted by molar-refractivity contribution is -0.132. The van der Waals surface area contributed by atoms with Gasteiger partial charge in [-0.1, -0.05) is 19.3 Å². The predicted octanol–water partition coefficient (Wildman–Crippen LogP) is 1.80. The molecule has 1 heterocycles. The van der Waals surface area contributed by atoms with E-state index in [-0.39, 0.29) is 11.3 Å². The molecule has 1 aliphatic rings. The summed E-state index contributed by atoms with van der Waals surface area (Å²) in [5.74, 6) is 0.859. The molecule has 0 unspecified atom stereocenters. The topological polar surface area (TPSA) is 68.3 Å². The van der Waals surface area contributed by atoms with Crippen LogP contribution >= 0.6 is 0 Å². The van der Waals surface area contributed by atoms with Crippen LogP contribution in [0.5, 0.6) is 0 Å². The monoisotopic (exact) mass is 236 g/mol. The number of hydrogen-bond donors (Lipinski definition) is 2. The molecule has 0 spiro atoms. The van der Waals surface area contributed by atoms with Crippen molar-refractivity contribution < 1.29 is 9.21 Å². The van der Waals surface area contributed by atoms with Gasteiger partial charge in [-0.3, -0.25) is 4.79 Å². The lowest BCUT2D eigenvalue weighted by Gasteiger charge is -2.34. The van der Waals surface area contributed by atoms with Crippen molar-refractivity contribution in [3.05, 3.63) is 24.2 Å². The number of nitrogens with two attached hydrogens (primary N) is 1. The third-order valence-electron chi connectivity index (χ3n) is 3.69. The van der Waals surface area contributed by atoms with Crippen LogP contribution in [0.25, 0.3) is 0 Å². The lowest BCUT2D eigenvalue weighted by atomic mass is 9.73. The van der Waals surface area contributed by atoms with Gasteiger partial charge in [-0.25, -0.2) is 0 Å². The van der Waals surface area contributed by atoms with Gasteiger partial charge in [0.1, 0.15) is 5.76 Å². The number of hydrogen-bond acceptors (Lipinski definition) is 3. The van der Waals surface area contributed by atoms with Crippen LogP contribution in [-0.4, -0.2) is 12.5 Å². The first-order chi connectivity index (χ1) is 8.27. The van der Waals surface area contributed by atoms with E-state index in [0.29, 0.717) is 13.1 Å². The molecule has 1 aliphatic carbocycles. The summed E-state index contributed by atoms with van der Waals surface area (Å²) in [5, 5.41) is 2.93. The second-order valence-electron chi connectivity index (χ2n) is 4.81. The molecule has 1 aromatic rings. The standard InChI is InChI=1S/C13H20N2O2/c14-10-13(6-2-1-3-7-13)12(16)15-9-11-5-4-8-17-11/h4-5,8H,1-3,6-7,9-10,14H2,(H,15,16). The first-order valence-electron chi connectivity index (χ1n) is 6.28. The zero-order chi connectivity index (χ0) is 12.1. The minimum atomic E-state index is -0.342. The first kappa shape index (κ1) is 12.2. The van der Waals surface area contributed by atoms with Gasteiger partial charge in [0, 0.05) is 6.54 Å². The van der Waals surface area contributed by atoms with Crippen LogP contribution in [0.2, 0.25) is 0 Å². The fourth-order valence-corrected chi connectivity index (χ4v) is 2.52. The second-order valence-corrected chi connectivity index (χ2v) is 4.81. The number of carbonyl (C=O) groups excluding carboxylic acids is 1. The smallest absolute Gasteiger partial charge is 0.227 e. The molecule has 1 fully saturated rings. The Bertz CT molecular complexity index is 354. The molecular formula is C13H20N2O2. The molecule has 0 bridgehead atoms. The summed E-state index contributed by atoms with van der Waals surface area (Å²) < 4.78 is 5.19. The Kier molecular flexibility index (Phi) is 3.84. The minimum absolute atomic E-state index is 0.0797. The van der Waals surface area contributed by atoms with Crippen LogP contribution in [0.1, 0.15) is 37.9 Å². The third-order valence-corrected chi connectivity index (χ3v) is 3.69. The normalized spacial score (nSPS) is 18.9. The fourth-order valence-electron chi connectivity index (χ4n) is 2.52. The Morgan fingerprint density at radius 2 is 2.18 bits per heavy atom. The molecular weight excluding hydrogens is 216 g/mol. The third kappa shape index (κ3) is 2.69. The molecule has 94 valence electrons. The van der Waals surface area contributed by atoms with Crippen LogP contribution in [0.15, 0.2) is 22.8 Å². The molecule has 4 nitrogen and oxygen atoms in total. The van der Waals surface area contributed by atoms with Crippen LogP contribution in [0, 0.1) is 5.41 Å². The van der Waals surface area contributed by atoms with Crippen molar-refractivity contribution in [1.29, 1.82) is 0 Å². The Balaban J connectivity index is 1.93. The Hall–Kier alpha value is -1.29. The molecule has 0 aliphatic heterocycles. The van der Waals surface area contributed by atoms with Crippen molar-refractivity contribution in [1.82, 2.24) is 5.32 Å². The van der Waals surface area contributed by atoms with E-state index in [2.05, 4.69) is 5.32 Å². The summed E-state index contributed by atoms with van der Waals surface area (Å²) in [7, 11) is 0. The van der Waals surface area contributed by atoms with Crippen LogP contribution in [-0.2, 0) is 11.3 Å². The highest BCUT2D eigenvalue weighted by Crippen LogP contribution is 2.35. The van der Waals surface area contributed by atoms with E-state index in [9.17, 15) is 4.79 Å². The molecule has 0 atom stereocenters. The van der Waals surface area contributed by atoms with Gasteiger partial charge in [0.15, 0.2) is 0 Å². The molecule has 0 radical (unpaired) electrons. The van der Waals surface area contributed by atoms with E-state index in [1.807, 2.05) is 12.1 Å². The summed E-state index contributed by atoms with van der Waals surface area (Å²) in [6.45, 7) is 0.893. The molecule has 0 aromatic carbocycles. The molecule has 2 rings (SSSR count). The molecule has 4 heteroatoms. The number of amides is 1. The van der Waals surface area contributed by atoms with Gasteiger partial charge in [0.25, 0.3) is 0 Å².